The molecule has 1 rings (SSSR count). The van der Waals surface area contributed by atoms with E-state index in [9.17, 15) is 0 Å². The molecule has 1 fully saturated rings. The number of hydrogen-bond acceptors (Lipinski definition) is 2. The zero-order valence-electron chi connectivity index (χ0n) is 8.65. The highest BCUT2D eigenvalue weighted by Gasteiger charge is 2.40. The smallest absolute Gasteiger partial charge is 0.0488 e. The molecule has 0 aromatic carbocycles. The average Bonchev–Trinajstić information content (AvgIpc) is 1.83. The van der Waals surface area contributed by atoms with Gasteiger partial charge in [-0.3, -0.25) is 0 Å². The predicted octanol–water partition coefficient (Wildman–Crippen LogP) is 2.54. The first-order chi connectivity index (χ1) is 5.40. The largest absolute Gasteiger partial charge is 0.323 e. The van der Waals surface area contributed by atoms with Crippen molar-refractivity contribution in [3.63, 3.8) is 0 Å². The van der Waals surface area contributed by atoms with E-state index >= 15 is 0 Å². The number of rotatable bonds is 0. The first-order valence-electron chi connectivity index (χ1n) is 4.69. The quantitative estimate of drug-likeness (QED) is 0.438. The van der Waals surface area contributed by atoms with E-state index in [1.165, 1.54) is 25.0 Å². The molecule has 70 valence electrons. The van der Waals surface area contributed by atoms with Crippen LogP contribution in [-0.2, 0) is 0 Å². The van der Waals surface area contributed by atoms with Crippen LogP contribution in [0.5, 0.6) is 0 Å². The second-order valence-corrected chi connectivity index (χ2v) is 5.10. The van der Waals surface area contributed by atoms with Gasteiger partial charge < -0.3 is 5.84 Å². The molecule has 2 N–H and O–H groups in total. The Morgan fingerprint density at radius 2 is 1.50 bits per heavy atom. The molecule has 0 heterocycles. The molecule has 0 aliphatic heterocycles. The molecule has 1 aliphatic carbocycles. The van der Waals surface area contributed by atoms with Crippen molar-refractivity contribution in [1.29, 1.82) is 0 Å². The highest BCUT2D eigenvalue weighted by atomic mass is 15.1. The van der Waals surface area contributed by atoms with E-state index in [1.807, 2.05) is 0 Å². The van der Waals surface area contributed by atoms with Crippen molar-refractivity contribution in [2.24, 2.45) is 21.8 Å². The Bertz CT molecular complexity index is 184. The van der Waals surface area contributed by atoms with E-state index in [-0.39, 0.29) is 10.8 Å². The third-order valence-corrected chi connectivity index (χ3v) is 3.01. The van der Waals surface area contributed by atoms with Gasteiger partial charge in [0.15, 0.2) is 0 Å². The van der Waals surface area contributed by atoms with Gasteiger partial charge in [-0.25, -0.2) is 0 Å². The summed E-state index contributed by atoms with van der Waals surface area (Å²) in [5, 5.41) is 3.97. The molecule has 0 saturated heterocycles. The standard InChI is InChI=1S/C10H20N2/c1-9(2)6-5-7-10(3,4)8(9)12-11/h5-7,11H2,1-4H3. The molecule has 2 heteroatoms. The molecular weight excluding hydrogens is 148 g/mol. The first-order valence-corrected chi connectivity index (χ1v) is 4.69. The SMILES string of the molecule is CC1(C)CCCC(C)(C)C1=NN. The first kappa shape index (κ1) is 9.56. The monoisotopic (exact) mass is 168 g/mol. The van der Waals surface area contributed by atoms with Gasteiger partial charge in [0, 0.05) is 16.5 Å². The molecule has 0 atom stereocenters. The zero-order chi connectivity index (χ0) is 9.41. The topological polar surface area (TPSA) is 38.4 Å². The summed E-state index contributed by atoms with van der Waals surface area (Å²) in [6.07, 6.45) is 3.72. The molecule has 1 aliphatic rings. The molecule has 0 unspecified atom stereocenters. The minimum Gasteiger partial charge on any atom is -0.323 e. The molecule has 0 radical (unpaired) electrons. The maximum atomic E-state index is 5.44. The van der Waals surface area contributed by atoms with Crippen molar-refractivity contribution < 1.29 is 0 Å². The van der Waals surface area contributed by atoms with Crippen LogP contribution in [-0.4, -0.2) is 5.71 Å². The minimum atomic E-state index is 0.205. The summed E-state index contributed by atoms with van der Waals surface area (Å²) in [4.78, 5) is 0. The summed E-state index contributed by atoms with van der Waals surface area (Å²) in [6.45, 7) is 8.94. The fourth-order valence-electron chi connectivity index (χ4n) is 2.47. The van der Waals surface area contributed by atoms with Crippen LogP contribution in [0.15, 0.2) is 5.10 Å². The summed E-state index contributed by atoms with van der Waals surface area (Å²) in [5.41, 5.74) is 1.59. The predicted molar refractivity (Wildman–Crippen MR) is 53.0 cm³/mol. The average molecular weight is 168 g/mol. The Kier molecular flexibility index (Phi) is 2.19. The highest BCUT2D eigenvalue weighted by Crippen LogP contribution is 2.42. The zero-order valence-corrected chi connectivity index (χ0v) is 8.65. The van der Waals surface area contributed by atoms with Gasteiger partial charge in [0.25, 0.3) is 0 Å². The lowest BCUT2D eigenvalue weighted by Gasteiger charge is -2.41. The molecule has 1 saturated carbocycles. The van der Waals surface area contributed by atoms with Crippen LogP contribution >= 0.6 is 0 Å². The fourth-order valence-corrected chi connectivity index (χ4v) is 2.47. The van der Waals surface area contributed by atoms with Crippen LogP contribution in [0.1, 0.15) is 47.0 Å². The highest BCUT2D eigenvalue weighted by molar-refractivity contribution is 5.94. The molecule has 0 spiro atoms. The van der Waals surface area contributed by atoms with Gasteiger partial charge in [0.1, 0.15) is 0 Å². The second kappa shape index (κ2) is 2.75. The lowest BCUT2D eigenvalue weighted by atomic mass is 9.63. The number of nitrogens with zero attached hydrogens (tertiary/aromatic N) is 1. The maximum Gasteiger partial charge on any atom is 0.0488 e. The van der Waals surface area contributed by atoms with Gasteiger partial charge in [-0.15, -0.1) is 0 Å². The van der Waals surface area contributed by atoms with Crippen molar-refractivity contribution in [3.05, 3.63) is 0 Å². The normalized spacial score (nSPS) is 26.8. The summed E-state index contributed by atoms with van der Waals surface area (Å²) in [5.74, 6) is 5.44. The van der Waals surface area contributed by atoms with Crippen molar-refractivity contribution in [2.45, 2.75) is 47.0 Å². The third kappa shape index (κ3) is 1.47. The lowest BCUT2D eigenvalue weighted by molar-refractivity contribution is 0.301. The Labute approximate surface area is 75.2 Å². The third-order valence-electron chi connectivity index (χ3n) is 3.01. The van der Waals surface area contributed by atoms with E-state index < -0.39 is 0 Å². The molecule has 2 nitrogen and oxygen atoms in total. The van der Waals surface area contributed by atoms with Crippen LogP contribution in [0.2, 0.25) is 0 Å². The van der Waals surface area contributed by atoms with Crippen LogP contribution in [0, 0.1) is 10.8 Å². The van der Waals surface area contributed by atoms with E-state index in [0.717, 1.165) is 0 Å². The van der Waals surface area contributed by atoms with Crippen molar-refractivity contribution in [3.8, 4) is 0 Å². The molecule has 0 aromatic heterocycles. The van der Waals surface area contributed by atoms with Crippen molar-refractivity contribution in [2.75, 3.05) is 0 Å². The fraction of sp³-hybridized carbons (Fsp3) is 0.900. The van der Waals surface area contributed by atoms with Crippen molar-refractivity contribution in [1.82, 2.24) is 0 Å². The number of hydrogen-bond donors (Lipinski definition) is 1. The van der Waals surface area contributed by atoms with Gasteiger partial charge in [0.05, 0.1) is 0 Å². The van der Waals surface area contributed by atoms with Gasteiger partial charge in [0.2, 0.25) is 0 Å². The van der Waals surface area contributed by atoms with Crippen LogP contribution < -0.4 is 5.84 Å². The van der Waals surface area contributed by atoms with E-state index in [2.05, 4.69) is 32.8 Å². The Morgan fingerprint density at radius 1 is 1.08 bits per heavy atom. The van der Waals surface area contributed by atoms with Gasteiger partial charge in [-0.1, -0.05) is 34.1 Å². The van der Waals surface area contributed by atoms with Crippen molar-refractivity contribution >= 4 is 5.71 Å². The van der Waals surface area contributed by atoms with Gasteiger partial charge in [-0.2, -0.15) is 5.10 Å². The molecule has 0 bridgehead atoms. The van der Waals surface area contributed by atoms with Crippen LogP contribution in [0.4, 0.5) is 0 Å². The summed E-state index contributed by atoms with van der Waals surface area (Å²) in [7, 11) is 0. The summed E-state index contributed by atoms with van der Waals surface area (Å²) in [6, 6.07) is 0. The molecular formula is C10H20N2. The minimum absolute atomic E-state index is 0.205. The van der Waals surface area contributed by atoms with Gasteiger partial charge >= 0.3 is 0 Å². The second-order valence-electron chi connectivity index (χ2n) is 5.10. The van der Waals surface area contributed by atoms with Crippen LogP contribution in [0.3, 0.4) is 0 Å². The lowest BCUT2D eigenvalue weighted by Crippen LogP contribution is -2.41. The summed E-state index contributed by atoms with van der Waals surface area (Å²) >= 11 is 0. The number of hydrazone groups is 1. The van der Waals surface area contributed by atoms with Gasteiger partial charge in [-0.05, 0) is 12.8 Å². The number of nitrogens with two attached hydrogens (primary N) is 1. The molecule has 12 heavy (non-hydrogen) atoms. The van der Waals surface area contributed by atoms with Crippen LogP contribution in [0.25, 0.3) is 0 Å². The maximum absolute atomic E-state index is 5.44. The Balaban J connectivity index is 2.98. The Morgan fingerprint density at radius 3 is 1.75 bits per heavy atom. The molecule has 0 aromatic rings. The summed E-state index contributed by atoms with van der Waals surface area (Å²) < 4.78 is 0. The van der Waals surface area contributed by atoms with E-state index in [0.29, 0.717) is 0 Å². The van der Waals surface area contributed by atoms with E-state index in [1.54, 1.807) is 0 Å². The Hall–Kier alpha value is -0.530. The van der Waals surface area contributed by atoms with E-state index in [4.69, 9.17) is 5.84 Å². The molecule has 0 amide bonds.